The number of anilines is 1. The number of amides is 1. The molecule has 1 fully saturated rings. The van der Waals surface area contributed by atoms with Gasteiger partial charge in [0.1, 0.15) is 5.82 Å². The van der Waals surface area contributed by atoms with E-state index < -0.39 is 11.6 Å². The number of hydrogen-bond donors (Lipinski definition) is 0. The van der Waals surface area contributed by atoms with Crippen LogP contribution >= 0.6 is 0 Å². The van der Waals surface area contributed by atoms with Gasteiger partial charge in [0, 0.05) is 43.4 Å². The van der Waals surface area contributed by atoms with Crippen molar-refractivity contribution in [2.75, 3.05) is 37.7 Å². The van der Waals surface area contributed by atoms with Gasteiger partial charge in [0.05, 0.1) is 25.3 Å². The summed E-state index contributed by atoms with van der Waals surface area (Å²) in [6.45, 7) is 2.73. The molecule has 1 aromatic rings. The molecule has 1 saturated heterocycles. The van der Waals surface area contributed by atoms with Crippen molar-refractivity contribution in [3.8, 4) is 0 Å². The molecule has 0 N–H and O–H groups in total. The predicted molar refractivity (Wildman–Crippen MR) is 94.6 cm³/mol. The molecule has 0 bridgehead atoms. The van der Waals surface area contributed by atoms with Gasteiger partial charge >= 0.3 is 0 Å². The Balaban J connectivity index is 1.50. The first kappa shape index (κ1) is 17.8. The topological polar surface area (TPSA) is 62.2 Å². The molecule has 0 atom stereocenters. The van der Waals surface area contributed by atoms with E-state index in [9.17, 15) is 18.4 Å². The molecule has 1 amide bonds. The van der Waals surface area contributed by atoms with Crippen LogP contribution in [-0.2, 0) is 20.7 Å². The second-order valence-electron chi connectivity index (χ2n) is 6.75. The van der Waals surface area contributed by atoms with Crippen molar-refractivity contribution in [3.05, 3.63) is 41.2 Å². The smallest absolute Gasteiger partial charge is 0.232 e. The third-order valence-electron chi connectivity index (χ3n) is 4.98. The van der Waals surface area contributed by atoms with Crippen molar-refractivity contribution < 1.29 is 23.1 Å². The Kier molecular flexibility index (Phi) is 4.73. The number of allylic oxidation sites excluding steroid dienone is 1. The van der Waals surface area contributed by atoms with Crippen molar-refractivity contribution >= 4 is 23.1 Å². The summed E-state index contributed by atoms with van der Waals surface area (Å²) in [5, 5.41) is 0. The zero-order chi connectivity index (χ0) is 19.0. The van der Waals surface area contributed by atoms with E-state index in [0.717, 1.165) is 6.07 Å². The Hall–Kier alpha value is -2.61. The SMILES string of the molecule is O=C1C=C(N2CCOCC2)N=C(CC(=O)N2CCc3c2ccc(F)c3F)C1. The van der Waals surface area contributed by atoms with Crippen molar-refractivity contribution in [2.24, 2.45) is 4.99 Å². The standard InChI is InChI=1S/C19H19F2N3O3/c20-15-1-2-16-14(19(15)21)3-4-24(16)18(26)10-12-9-13(25)11-17(22-12)23-5-7-27-8-6-23/h1-2,11H,3-10H2. The average molecular weight is 375 g/mol. The lowest BCUT2D eigenvalue weighted by Crippen LogP contribution is -2.37. The number of fused-ring (bicyclic) bond motifs is 1. The Bertz CT molecular complexity index is 860. The van der Waals surface area contributed by atoms with E-state index in [1.807, 2.05) is 4.90 Å². The fraction of sp³-hybridized carbons (Fsp3) is 0.421. The van der Waals surface area contributed by atoms with Crippen LogP contribution < -0.4 is 4.90 Å². The van der Waals surface area contributed by atoms with Gasteiger partial charge in [0.2, 0.25) is 5.91 Å². The highest BCUT2D eigenvalue weighted by atomic mass is 19.2. The molecule has 0 aliphatic carbocycles. The Morgan fingerprint density at radius 2 is 1.96 bits per heavy atom. The zero-order valence-corrected chi connectivity index (χ0v) is 14.7. The van der Waals surface area contributed by atoms with Gasteiger partial charge in [-0.15, -0.1) is 0 Å². The number of hydrogen-bond acceptors (Lipinski definition) is 5. The number of aliphatic imine (C=N–C) groups is 1. The first-order valence-corrected chi connectivity index (χ1v) is 8.94. The van der Waals surface area contributed by atoms with Crippen molar-refractivity contribution in [3.63, 3.8) is 0 Å². The molecule has 142 valence electrons. The number of carbonyl (C=O) groups excluding carboxylic acids is 2. The molecule has 0 spiro atoms. The van der Waals surface area contributed by atoms with Crippen molar-refractivity contribution in [2.45, 2.75) is 19.3 Å². The minimum absolute atomic E-state index is 0.0220. The maximum absolute atomic E-state index is 13.9. The lowest BCUT2D eigenvalue weighted by atomic mass is 10.1. The fourth-order valence-electron chi connectivity index (χ4n) is 3.63. The van der Waals surface area contributed by atoms with Crippen molar-refractivity contribution in [1.29, 1.82) is 0 Å². The lowest BCUT2D eigenvalue weighted by Gasteiger charge is -2.30. The summed E-state index contributed by atoms with van der Waals surface area (Å²) in [6, 6.07) is 2.45. The highest BCUT2D eigenvalue weighted by Gasteiger charge is 2.30. The third kappa shape index (κ3) is 3.49. The highest BCUT2D eigenvalue weighted by Crippen LogP contribution is 2.32. The molecule has 0 radical (unpaired) electrons. The van der Waals surface area contributed by atoms with E-state index in [1.54, 1.807) is 0 Å². The maximum atomic E-state index is 13.9. The summed E-state index contributed by atoms with van der Waals surface area (Å²) in [7, 11) is 0. The number of ether oxygens (including phenoxy) is 1. The highest BCUT2D eigenvalue weighted by molar-refractivity contribution is 6.16. The average Bonchev–Trinajstić information content (AvgIpc) is 3.10. The predicted octanol–water partition coefficient (Wildman–Crippen LogP) is 1.83. The molecular formula is C19H19F2N3O3. The van der Waals surface area contributed by atoms with Gasteiger partial charge in [-0.25, -0.2) is 13.8 Å². The number of ketones is 1. The van der Waals surface area contributed by atoms with Crippen LogP contribution in [0.3, 0.4) is 0 Å². The molecule has 1 aromatic carbocycles. The van der Waals surface area contributed by atoms with Crippen LogP contribution in [-0.4, -0.2) is 55.2 Å². The molecule has 3 aliphatic heterocycles. The number of nitrogens with zero attached hydrogens (tertiary/aromatic N) is 3. The molecule has 4 rings (SSSR count). The van der Waals surface area contributed by atoms with Crippen LogP contribution in [0.25, 0.3) is 0 Å². The molecular weight excluding hydrogens is 356 g/mol. The zero-order valence-electron chi connectivity index (χ0n) is 14.7. The van der Waals surface area contributed by atoms with E-state index in [4.69, 9.17) is 4.74 Å². The van der Waals surface area contributed by atoms with Gasteiger partial charge in [-0.3, -0.25) is 9.59 Å². The summed E-state index contributed by atoms with van der Waals surface area (Å²) in [6.07, 6.45) is 1.85. The summed E-state index contributed by atoms with van der Waals surface area (Å²) in [5.74, 6) is -1.61. The van der Waals surface area contributed by atoms with Crippen LogP contribution in [0.15, 0.2) is 29.0 Å². The molecule has 0 saturated carbocycles. The number of benzene rings is 1. The minimum atomic E-state index is -0.911. The summed E-state index contributed by atoms with van der Waals surface area (Å²) >= 11 is 0. The summed E-state index contributed by atoms with van der Waals surface area (Å²) in [5.41, 5.74) is 1.11. The monoisotopic (exact) mass is 375 g/mol. The molecule has 8 heteroatoms. The minimum Gasteiger partial charge on any atom is -0.378 e. The number of morpholine rings is 1. The second-order valence-corrected chi connectivity index (χ2v) is 6.75. The van der Waals surface area contributed by atoms with Crippen LogP contribution in [0.4, 0.5) is 14.5 Å². The normalized spacial score (nSPS) is 19.7. The van der Waals surface area contributed by atoms with Gasteiger partial charge in [0.15, 0.2) is 17.4 Å². The summed E-state index contributed by atoms with van der Waals surface area (Å²) < 4.78 is 32.6. The van der Waals surface area contributed by atoms with Gasteiger partial charge in [-0.2, -0.15) is 0 Å². The number of rotatable bonds is 3. The molecule has 3 aliphatic rings. The largest absolute Gasteiger partial charge is 0.378 e. The van der Waals surface area contributed by atoms with E-state index >= 15 is 0 Å². The maximum Gasteiger partial charge on any atom is 0.232 e. The Morgan fingerprint density at radius 3 is 2.74 bits per heavy atom. The van der Waals surface area contributed by atoms with Gasteiger partial charge in [-0.1, -0.05) is 0 Å². The van der Waals surface area contributed by atoms with Gasteiger partial charge in [-0.05, 0) is 18.6 Å². The van der Waals surface area contributed by atoms with Crippen LogP contribution in [0.1, 0.15) is 18.4 Å². The molecule has 0 aromatic heterocycles. The molecule has 3 heterocycles. The first-order chi connectivity index (χ1) is 13.0. The van der Waals surface area contributed by atoms with E-state index in [1.165, 1.54) is 17.0 Å². The summed E-state index contributed by atoms with van der Waals surface area (Å²) in [4.78, 5) is 32.7. The molecule has 0 unspecified atom stereocenters. The second kappa shape index (κ2) is 7.19. The Morgan fingerprint density at radius 1 is 1.19 bits per heavy atom. The quantitative estimate of drug-likeness (QED) is 0.809. The number of carbonyl (C=O) groups is 2. The van der Waals surface area contributed by atoms with E-state index in [0.29, 0.717) is 50.1 Å². The molecule has 6 nitrogen and oxygen atoms in total. The van der Waals surface area contributed by atoms with Crippen LogP contribution in [0.5, 0.6) is 0 Å². The van der Waals surface area contributed by atoms with Gasteiger partial charge in [0.25, 0.3) is 0 Å². The first-order valence-electron chi connectivity index (χ1n) is 8.94. The fourth-order valence-corrected chi connectivity index (χ4v) is 3.63. The third-order valence-corrected chi connectivity index (χ3v) is 4.98. The molecule has 27 heavy (non-hydrogen) atoms. The van der Waals surface area contributed by atoms with Crippen LogP contribution in [0.2, 0.25) is 0 Å². The van der Waals surface area contributed by atoms with Crippen molar-refractivity contribution in [1.82, 2.24) is 4.90 Å². The lowest BCUT2D eigenvalue weighted by molar-refractivity contribution is -0.117. The Labute approximate surface area is 155 Å². The van der Waals surface area contributed by atoms with E-state index in [-0.39, 0.29) is 36.5 Å². The van der Waals surface area contributed by atoms with Gasteiger partial charge < -0.3 is 14.5 Å². The number of halogens is 2. The van der Waals surface area contributed by atoms with Crippen LogP contribution in [0, 0.1) is 11.6 Å². The van der Waals surface area contributed by atoms with E-state index in [2.05, 4.69) is 4.99 Å².